The minimum atomic E-state index is -3.67. The lowest BCUT2D eigenvalue weighted by molar-refractivity contribution is -0.121. The van der Waals surface area contributed by atoms with Crippen LogP contribution in [-0.2, 0) is 19.6 Å². The van der Waals surface area contributed by atoms with E-state index < -0.39 is 21.7 Å². The first kappa shape index (κ1) is 22.5. The van der Waals surface area contributed by atoms with E-state index in [2.05, 4.69) is 10.6 Å². The number of ketones is 1. The molecule has 11 heteroatoms. The Balaban J connectivity index is 1.75. The molecule has 2 amide bonds. The fourth-order valence-electron chi connectivity index (χ4n) is 2.30. The van der Waals surface area contributed by atoms with Crippen molar-refractivity contribution in [2.24, 2.45) is 0 Å². The summed E-state index contributed by atoms with van der Waals surface area (Å²) in [4.78, 5) is 36.2. The molecule has 0 spiro atoms. The highest BCUT2D eigenvalue weighted by molar-refractivity contribution is 7.92. The molecule has 0 aliphatic rings. The van der Waals surface area contributed by atoms with Crippen molar-refractivity contribution in [2.45, 2.75) is 19.3 Å². The molecule has 0 aliphatic carbocycles. The van der Waals surface area contributed by atoms with Crippen molar-refractivity contribution in [1.82, 2.24) is 5.32 Å². The third-order valence-electron chi connectivity index (χ3n) is 3.59. The summed E-state index contributed by atoms with van der Waals surface area (Å²) in [5.41, 5.74) is -0.0792. The van der Waals surface area contributed by atoms with Gasteiger partial charge in [0.05, 0.1) is 16.8 Å². The summed E-state index contributed by atoms with van der Waals surface area (Å²) in [6, 6.07) is 6.92. The van der Waals surface area contributed by atoms with Crippen molar-refractivity contribution in [3.63, 3.8) is 0 Å². The van der Waals surface area contributed by atoms with Crippen LogP contribution in [0.1, 0.15) is 28.9 Å². The summed E-state index contributed by atoms with van der Waals surface area (Å²) < 4.78 is 38.1. The smallest absolute Gasteiger partial charge is 0.229 e. The van der Waals surface area contributed by atoms with Crippen LogP contribution in [0.2, 0.25) is 0 Å². The predicted molar refractivity (Wildman–Crippen MR) is 109 cm³/mol. The summed E-state index contributed by atoms with van der Waals surface area (Å²) in [6.45, 7) is 0.0630. The van der Waals surface area contributed by atoms with Gasteiger partial charge in [-0.25, -0.2) is 12.8 Å². The zero-order valence-corrected chi connectivity index (χ0v) is 17.2. The van der Waals surface area contributed by atoms with Gasteiger partial charge in [-0.05, 0) is 29.6 Å². The number of benzene rings is 1. The van der Waals surface area contributed by atoms with Crippen LogP contribution >= 0.6 is 11.3 Å². The Hall–Kier alpha value is -2.79. The fourth-order valence-corrected chi connectivity index (χ4v) is 3.55. The van der Waals surface area contributed by atoms with Gasteiger partial charge in [0.25, 0.3) is 0 Å². The molecule has 0 saturated heterocycles. The number of carbonyl (C=O) groups is 3. The molecular formula is C18H20FN3O5S2. The maximum Gasteiger partial charge on any atom is 0.229 e. The second-order valence-electron chi connectivity index (χ2n) is 6.12. The van der Waals surface area contributed by atoms with Gasteiger partial charge in [-0.15, -0.1) is 11.3 Å². The summed E-state index contributed by atoms with van der Waals surface area (Å²) >= 11 is 1.31. The van der Waals surface area contributed by atoms with Crippen LogP contribution in [0.15, 0.2) is 35.7 Å². The van der Waals surface area contributed by atoms with E-state index in [-0.39, 0.29) is 48.9 Å². The van der Waals surface area contributed by atoms with Crippen LogP contribution in [-0.4, -0.2) is 38.8 Å². The molecule has 0 unspecified atom stereocenters. The first-order valence-electron chi connectivity index (χ1n) is 8.54. The lowest BCUT2D eigenvalue weighted by Gasteiger charge is -2.10. The number of hydrogen-bond donors (Lipinski definition) is 3. The number of amides is 2. The van der Waals surface area contributed by atoms with Crippen molar-refractivity contribution in [3.8, 4) is 0 Å². The number of hydrogen-bond acceptors (Lipinski definition) is 6. The van der Waals surface area contributed by atoms with Gasteiger partial charge in [0, 0.05) is 31.5 Å². The third kappa shape index (κ3) is 8.00. The monoisotopic (exact) mass is 441 g/mol. The molecule has 0 atom stereocenters. The number of halogens is 1. The van der Waals surface area contributed by atoms with Gasteiger partial charge in [-0.3, -0.25) is 19.1 Å². The van der Waals surface area contributed by atoms with E-state index in [9.17, 15) is 27.2 Å². The Morgan fingerprint density at radius 3 is 2.48 bits per heavy atom. The third-order valence-corrected chi connectivity index (χ3v) is 5.10. The number of carbonyl (C=O) groups excluding carboxylic acids is 3. The highest BCUT2D eigenvalue weighted by atomic mass is 32.2. The second-order valence-corrected chi connectivity index (χ2v) is 8.81. The van der Waals surface area contributed by atoms with E-state index in [0.717, 1.165) is 18.4 Å². The molecular weight excluding hydrogens is 421 g/mol. The Kier molecular flexibility index (Phi) is 7.85. The number of rotatable bonds is 10. The van der Waals surface area contributed by atoms with Gasteiger partial charge >= 0.3 is 0 Å². The highest BCUT2D eigenvalue weighted by Crippen LogP contribution is 2.20. The fraction of sp³-hybridized carbons (Fsp3) is 0.278. The van der Waals surface area contributed by atoms with Crippen LogP contribution < -0.4 is 15.4 Å². The minimum Gasteiger partial charge on any atom is -0.356 e. The van der Waals surface area contributed by atoms with E-state index in [4.69, 9.17) is 0 Å². The van der Waals surface area contributed by atoms with Gasteiger partial charge < -0.3 is 10.6 Å². The van der Waals surface area contributed by atoms with E-state index in [1.54, 1.807) is 17.5 Å². The zero-order valence-electron chi connectivity index (χ0n) is 15.5. The molecule has 29 heavy (non-hydrogen) atoms. The number of sulfonamides is 1. The molecule has 0 fully saturated rings. The van der Waals surface area contributed by atoms with Crippen molar-refractivity contribution >= 4 is 50.3 Å². The number of nitrogens with one attached hydrogen (secondary N) is 3. The van der Waals surface area contributed by atoms with Crippen LogP contribution in [0, 0.1) is 5.82 Å². The SMILES string of the molecule is CS(=O)(=O)Nc1cc(NC(=O)CCNC(=O)CCC(=O)c2cccs2)ccc1F. The van der Waals surface area contributed by atoms with Crippen LogP contribution in [0.25, 0.3) is 0 Å². The standard InChI is InChI=1S/C18H20FN3O5S2/c1-29(26,27)22-14-11-12(4-5-13(14)19)21-18(25)8-9-20-17(24)7-6-15(23)16-3-2-10-28-16/h2-5,10-11,22H,6-9H2,1H3,(H,20,24)(H,21,25). The van der Waals surface area contributed by atoms with E-state index in [0.29, 0.717) is 4.88 Å². The van der Waals surface area contributed by atoms with Crippen molar-refractivity contribution < 1.29 is 27.2 Å². The average Bonchev–Trinajstić information content (AvgIpc) is 3.16. The van der Waals surface area contributed by atoms with Crippen LogP contribution in [0.4, 0.5) is 15.8 Å². The highest BCUT2D eigenvalue weighted by Gasteiger charge is 2.12. The molecule has 0 bridgehead atoms. The van der Waals surface area contributed by atoms with Crippen molar-refractivity contribution in [2.75, 3.05) is 22.8 Å². The molecule has 1 aromatic carbocycles. The normalized spacial score (nSPS) is 11.0. The summed E-state index contributed by atoms with van der Waals surface area (Å²) in [7, 11) is -3.67. The van der Waals surface area contributed by atoms with E-state index in [1.165, 1.54) is 17.4 Å². The number of Topliss-reactive ketones (excluding diaryl/α,β-unsaturated/α-hetero) is 1. The first-order valence-corrected chi connectivity index (χ1v) is 11.3. The minimum absolute atomic E-state index is 0.0246. The number of thiophene rings is 1. The van der Waals surface area contributed by atoms with Gasteiger partial charge in [0.2, 0.25) is 21.8 Å². The average molecular weight is 442 g/mol. The molecule has 0 radical (unpaired) electrons. The molecule has 0 aliphatic heterocycles. The van der Waals surface area contributed by atoms with E-state index >= 15 is 0 Å². The quantitative estimate of drug-likeness (QED) is 0.489. The number of anilines is 2. The Bertz CT molecular complexity index is 991. The Labute approximate surface area is 171 Å². The maximum atomic E-state index is 13.6. The maximum absolute atomic E-state index is 13.6. The predicted octanol–water partition coefficient (Wildman–Crippen LogP) is 2.37. The van der Waals surface area contributed by atoms with Crippen molar-refractivity contribution in [1.29, 1.82) is 0 Å². The summed E-state index contributed by atoms with van der Waals surface area (Å²) in [6.07, 6.45) is 0.951. The molecule has 2 aromatic rings. The Morgan fingerprint density at radius 2 is 1.83 bits per heavy atom. The largest absolute Gasteiger partial charge is 0.356 e. The second kappa shape index (κ2) is 10.1. The molecule has 3 N–H and O–H groups in total. The van der Waals surface area contributed by atoms with Gasteiger partial charge in [-0.2, -0.15) is 0 Å². The van der Waals surface area contributed by atoms with Gasteiger partial charge in [-0.1, -0.05) is 6.07 Å². The molecule has 8 nitrogen and oxygen atoms in total. The van der Waals surface area contributed by atoms with E-state index in [1.807, 2.05) is 4.72 Å². The molecule has 156 valence electrons. The molecule has 0 saturated carbocycles. The molecule has 1 aromatic heterocycles. The first-order chi connectivity index (χ1) is 13.6. The lowest BCUT2D eigenvalue weighted by Crippen LogP contribution is -2.27. The summed E-state index contributed by atoms with van der Waals surface area (Å²) in [5.74, 6) is -1.68. The summed E-state index contributed by atoms with van der Waals surface area (Å²) in [5, 5.41) is 6.83. The van der Waals surface area contributed by atoms with Gasteiger partial charge in [0.15, 0.2) is 5.78 Å². The topological polar surface area (TPSA) is 121 Å². The molecule has 2 rings (SSSR count). The zero-order chi connectivity index (χ0) is 21.4. The lowest BCUT2D eigenvalue weighted by atomic mass is 10.2. The molecule has 1 heterocycles. The Morgan fingerprint density at radius 1 is 1.07 bits per heavy atom. The van der Waals surface area contributed by atoms with Gasteiger partial charge in [0.1, 0.15) is 5.82 Å². The van der Waals surface area contributed by atoms with Crippen LogP contribution in [0.3, 0.4) is 0 Å². The van der Waals surface area contributed by atoms with Crippen LogP contribution in [0.5, 0.6) is 0 Å². The van der Waals surface area contributed by atoms with Crippen molar-refractivity contribution in [3.05, 3.63) is 46.4 Å².